The summed E-state index contributed by atoms with van der Waals surface area (Å²) in [5.41, 5.74) is 5.24. The number of aliphatic carboxylic acids is 1. The standard InChI is InChI=1S/C21H22ClFN4O7/c1-21(2,3)33-20(31)26-15(19(29)30)9-16(28)34-27-17(24)11-4-6-13(7-5-11)32-18-14(23)8-12(22)10-25-18/h4-8,10,15H,9H2,1-3H3,(H2,24,27)(H,26,31)(H,29,30)/t15-/m1/s1. The molecule has 4 N–H and O–H groups in total. The molecule has 0 aliphatic rings. The molecule has 0 bridgehead atoms. The summed E-state index contributed by atoms with van der Waals surface area (Å²) in [5, 5.41) is 14.8. The Kier molecular flexibility index (Phi) is 8.73. The van der Waals surface area contributed by atoms with Crippen LogP contribution in [0.3, 0.4) is 0 Å². The predicted molar refractivity (Wildman–Crippen MR) is 118 cm³/mol. The van der Waals surface area contributed by atoms with Crippen LogP contribution in [0, 0.1) is 5.82 Å². The smallest absolute Gasteiger partial charge is 0.408 e. The van der Waals surface area contributed by atoms with Crippen LogP contribution < -0.4 is 15.8 Å². The van der Waals surface area contributed by atoms with Crippen molar-refractivity contribution in [3.05, 3.63) is 52.9 Å². The first-order chi connectivity index (χ1) is 15.8. The van der Waals surface area contributed by atoms with Crippen LogP contribution in [-0.4, -0.2) is 45.6 Å². The van der Waals surface area contributed by atoms with E-state index in [2.05, 4.69) is 20.3 Å². The summed E-state index contributed by atoms with van der Waals surface area (Å²) in [6.07, 6.45) is -0.505. The van der Waals surface area contributed by atoms with Crippen molar-refractivity contribution < 1.29 is 38.2 Å². The molecular formula is C21H22ClFN4O7. The Balaban J connectivity index is 1.95. The van der Waals surface area contributed by atoms with Crippen LogP contribution in [0.25, 0.3) is 0 Å². The maximum atomic E-state index is 13.8. The number of carboxylic acids is 1. The van der Waals surface area contributed by atoms with Gasteiger partial charge in [0.05, 0.1) is 11.4 Å². The van der Waals surface area contributed by atoms with Gasteiger partial charge >= 0.3 is 18.0 Å². The summed E-state index contributed by atoms with van der Waals surface area (Å²) in [6, 6.07) is 5.26. The van der Waals surface area contributed by atoms with Gasteiger partial charge in [-0.3, -0.25) is 0 Å². The lowest BCUT2D eigenvalue weighted by Gasteiger charge is -2.21. The highest BCUT2D eigenvalue weighted by molar-refractivity contribution is 6.30. The lowest BCUT2D eigenvalue weighted by atomic mass is 10.2. The minimum Gasteiger partial charge on any atom is -0.480 e. The molecule has 2 aromatic rings. The highest BCUT2D eigenvalue weighted by atomic mass is 35.5. The molecule has 11 nitrogen and oxygen atoms in total. The van der Waals surface area contributed by atoms with Crippen LogP contribution in [0.1, 0.15) is 32.8 Å². The number of pyridine rings is 1. The van der Waals surface area contributed by atoms with Gasteiger partial charge < -0.3 is 30.5 Å². The number of oxime groups is 1. The topological polar surface area (TPSA) is 162 Å². The fraction of sp³-hybridized carbons (Fsp3) is 0.286. The molecule has 34 heavy (non-hydrogen) atoms. The number of nitrogens with zero attached hydrogens (tertiary/aromatic N) is 2. The fourth-order valence-electron chi connectivity index (χ4n) is 2.29. The average Bonchev–Trinajstić information content (AvgIpc) is 2.72. The summed E-state index contributed by atoms with van der Waals surface area (Å²) < 4.78 is 24.1. The van der Waals surface area contributed by atoms with Crippen LogP contribution >= 0.6 is 11.6 Å². The van der Waals surface area contributed by atoms with E-state index >= 15 is 0 Å². The Hall–Kier alpha value is -3.93. The molecule has 182 valence electrons. The number of ether oxygens (including phenoxy) is 2. The van der Waals surface area contributed by atoms with Gasteiger partial charge in [0.25, 0.3) is 5.88 Å². The van der Waals surface area contributed by atoms with Crippen LogP contribution in [-0.2, 0) is 19.2 Å². The molecule has 0 aliphatic carbocycles. The molecule has 1 heterocycles. The Bertz CT molecular complexity index is 1090. The molecule has 1 aromatic carbocycles. The van der Waals surface area contributed by atoms with Gasteiger partial charge in [0, 0.05) is 11.8 Å². The minimum absolute atomic E-state index is 0.119. The second-order valence-electron chi connectivity index (χ2n) is 7.75. The molecule has 1 atom stereocenters. The van der Waals surface area contributed by atoms with Crippen molar-refractivity contribution in [2.75, 3.05) is 0 Å². The number of rotatable bonds is 8. The van der Waals surface area contributed by atoms with Gasteiger partial charge in [-0.15, -0.1) is 0 Å². The highest BCUT2D eigenvalue weighted by Crippen LogP contribution is 2.24. The van der Waals surface area contributed by atoms with E-state index in [1.807, 2.05) is 0 Å². The number of carboxylic acid groups (broad SMARTS) is 1. The number of halogens is 2. The average molecular weight is 497 g/mol. The zero-order valence-corrected chi connectivity index (χ0v) is 19.1. The summed E-state index contributed by atoms with van der Waals surface area (Å²) in [4.78, 5) is 43.4. The number of aromatic nitrogens is 1. The predicted octanol–water partition coefficient (Wildman–Crippen LogP) is 3.20. The molecule has 2 rings (SSSR count). The van der Waals surface area contributed by atoms with Crippen molar-refractivity contribution in [3.8, 4) is 11.6 Å². The van der Waals surface area contributed by atoms with Gasteiger partial charge in [0.15, 0.2) is 11.7 Å². The third-order valence-electron chi connectivity index (χ3n) is 3.74. The van der Waals surface area contributed by atoms with E-state index in [-0.39, 0.29) is 22.5 Å². The van der Waals surface area contributed by atoms with Crippen LogP contribution in [0.4, 0.5) is 9.18 Å². The van der Waals surface area contributed by atoms with Gasteiger partial charge in [0.1, 0.15) is 17.4 Å². The molecule has 1 aromatic heterocycles. The van der Waals surface area contributed by atoms with E-state index in [9.17, 15) is 23.9 Å². The summed E-state index contributed by atoms with van der Waals surface area (Å²) in [7, 11) is 0. The second-order valence-corrected chi connectivity index (χ2v) is 8.18. The number of alkyl carbamates (subject to hydrolysis) is 1. The molecule has 0 fully saturated rings. The van der Waals surface area contributed by atoms with E-state index in [0.717, 1.165) is 6.07 Å². The molecule has 0 unspecified atom stereocenters. The maximum Gasteiger partial charge on any atom is 0.408 e. The Morgan fingerprint density at radius 2 is 1.91 bits per heavy atom. The fourth-order valence-corrected chi connectivity index (χ4v) is 2.43. The summed E-state index contributed by atoms with van der Waals surface area (Å²) >= 11 is 5.64. The van der Waals surface area contributed by atoms with Crippen LogP contribution in [0.15, 0.2) is 41.7 Å². The first-order valence-electron chi connectivity index (χ1n) is 9.69. The van der Waals surface area contributed by atoms with Crippen molar-refractivity contribution in [3.63, 3.8) is 0 Å². The summed E-state index contributed by atoms with van der Waals surface area (Å²) in [6.45, 7) is 4.79. The second kappa shape index (κ2) is 11.3. The first kappa shape index (κ1) is 26.3. The van der Waals surface area contributed by atoms with E-state index in [4.69, 9.17) is 26.8 Å². The van der Waals surface area contributed by atoms with Crippen LogP contribution in [0.2, 0.25) is 5.02 Å². The Labute approximate surface area is 198 Å². The lowest BCUT2D eigenvalue weighted by Crippen LogP contribution is -2.44. The SMILES string of the molecule is CC(C)(C)OC(=O)N[C@H](CC(=O)O/N=C(\N)c1ccc(Oc2ncc(Cl)cc2F)cc1)C(=O)O. The van der Waals surface area contributed by atoms with Crippen molar-refractivity contribution in [2.24, 2.45) is 10.9 Å². The van der Waals surface area contributed by atoms with Gasteiger partial charge in [-0.1, -0.05) is 16.8 Å². The summed E-state index contributed by atoms with van der Waals surface area (Å²) in [5.74, 6) is -3.52. The molecule has 0 saturated heterocycles. The lowest BCUT2D eigenvalue weighted by molar-refractivity contribution is -0.149. The number of hydrogen-bond donors (Lipinski definition) is 3. The van der Waals surface area contributed by atoms with Gasteiger partial charge in [0.2, 0.25) is 0 Å². The van der Waals surface area contributed by atoms with Gasteiger partial charge in [-0.25, -0.2) is 23.8 Å². The van der Waals surface area contributed by atoms with E-state index in [1.54, 1.807) is 20.8 Å². The number of carbonyl (C=O) groups excluding carboxylic acids is 2. The van der Waals surface area contributed by atoms with Gasteiger partial charge in [-0.05, 0) is 51.1 Å². The third kappa shape index (κ3) is 8.54. The quantitative estimate of drug-likeness (QED) is 0.215. The van der Waals surface area contributed by atoms with E-state index < -0.39 is 41.9 Å². The normalized spacial score (nSPS) is 12.4. The monoisotopic (exact) mass is 496 g/mol. The number of carbonyl (C=O) groups is 3. The van der Waals surface area contributed by atoms with E-state index in [1.165, 1.54) is 30.5 Å². The molecule has 0 spiro atoms. The van der Waals surface area contributed by atoms with Crippen molar-refractivity contribution in [2.45, 2.75) is 38.8 Å². The zero-order chi connectivity index (χ0) is 25.5. The minimum atomic E-state index is -1.60. The number of nitrogens with one attached hydrogen (secondary N) is 1. The zero-order valence-electron chi connectivity index (χ0n) is 18.4. The Morgan fingerprint density at radius 3 is 2.47 bits per heavy atom. The van der Waals surface area contributed by atoms with Crippen LogP contribution in [0.5, 0.6) is 11.6 Å². The number of benzene rings is 1. The number of amidine groups is 1. The Morgan fingerprint density at radius 1 is 1.26 bits per heavy atom. The maximum absolute atomic E-state index is 13.8. The van der Waals surface area contributed by atoms with E-state index in [0.29, 0.717) is 5.56 Å². The van der Waals surface area contributed by atoms with Gasteiger partial charge in [-0.2, -0.15) is 0 Å². The molecule has 0 radical (unpaired) electrons. The largest absolute Gasteiger partial charge is 0.480 e. The molecular weight excluding hydrogens is 475 g/mol. The molecule has 1 amide bonds. The molecule has 13 heteroatoms. The number of nitrogens with two attached hydrogens (primary N) is 1. The van der Waals surface area contributed by atoms with Crippen molar-refractivity contribution in [1.29, 1.82) is 0 Å². The molecule has 0 aliphatic heterocycles. The van der Waals surface area contributed by atoms with Crippen molar-refractivity contribution in [1.82, 2.24) is 10.3 Å². The molecule has 0 saturated carbocycles. The highest BCUT2D eigenvalue weighted by Gasteiger charge is 2.27. The first-order valence-corrected chi connectivity index (χ1v) is 10.1. The van der Waals surface area contributed by atoms with Crippen molar-refractivity contribution >= 4 is 35.5 Å². The number of hydrogen-bond acceptors (Lipinski definition) is 8. The number of amides is 1. The third-order valence-corrected chi connectivity index (χ3v) is 3.95.